The maximum atomic E-state index is 12.2. The minimum absolute atomic E-state index is 0.0145. The van der Waals surface area contributed by atoms with Crippen molar-refractivity contribution in [3.05, 3.63) is 33.7 Å². The largest absolute Gasteiger partial charge is 0.316 e. The lowest BCUT2D eigenvalue weighted by molar-refractivity contribution is 0.594. The molecule has 0 saturated carbocycles. The molecule has 2 heterocycles. The van der Waals surface area contributed by atoms with E-state index in [4.69, 9.17) is 0 Å². The molecule has 2 aromatic heterocycles. The molecule has 0 aliphatic carbocycles. The summed E-state index contributed by atoms with van der Waals surface area (Å²) in [6.45, 7) is 2.09. The first-order valence-electron chi connectivity index (χ1n) is 5.71. The molecule has 2 aromatic rings. The van der Waals surface area contributed by atoms with E-state index in [9.17, 15) is 13.2 Å². The van der Waals surface area contributed by atoms with Gasteiger partial charge >= 0.3 is 0 Å². The average molecular weight is 298 g/mol. The van der Waals surface area contributed by atoms with Crippen LogP contribution in [0.4, 0.5) is 5.82 Å². The number of H-pyrrole nitrogens is 2. The van der Waals surface area contributed by atoms with Gasteiger partial charge in [0.25, 0.3) is 15.6 Å². The first-order valence-corrected chi connectivity index (χ1v) is 7.19. The van der Waals surface area contributed by atoms with Gasteiger partial charge in [0.05, 0.1) is 0 Å². The summed E-state index contributed by atoms with van der Waals surface area (Å²) < 4.78 is 26.7. The van der Waals surface area contributed by atoms with Gasteiger partial charge in [0, 0.05) is 23.9 Å². The van der Waals surface area contributed by atoms with Gasteiger partial charge in [-0.1, -0.05) is 0 Å². The van der Waals surface area contributed by atoms with Gasteiger partial charge in [-0.15, -0.1) is 0 Å². The number of aromatic nitrogens is 4. The van der Waals surface area contributed by atoms with Gasteiger partial charge in [0.15, 0.2) is 5.82 Å². The molecule has 0 bridgehead atoms. The maximum Gasteiger partial charge on any atom is 0.282 e. The lowest BCUT2D eigenvalue weighted by atomic mass is 10.3. The van der Waals surface area contributed by atoms with E-state index in [1.54, 1.807) is 14.0 Å². The molecule has 0 fully saturated rings. The highest BCUT2D eigenvalue weighted by molar-refractivity contribution is 7.92. The number of nitrogens with zero attached hydrogens (tertiary/aromatic N) is 2. The quantitative estimate of drug-likeness (QED) is 0.578. The van der Waals surface area contributed by atoms with E-state index in [1.165, 1.54) is 12.1 Å². The second-order valence-electron chi connectivity index (χ2n) is 4.07. The molecule has 9 nitrogen and oxygen atoms in total. The van der Waals surface area contributed by atoms with Crippen LogP contribution in [0.2, 0.25) is 0 Å². The van der Waals surface area contributed by atoms with Crippen molar-refractivity contribution in [1.82, 2.24) is 25.7 Å². The molecular weight excluding hydrogens is 284 g/mol. The number of aryl methyl sites for hydroxylation is 1. The third kappa shape index (κ3) is 2.86. The van der Waals surface area contributed by atoms with E-state index < -0.39 is 15.6 Å². The highest BCUT2D eigenvalue weighted by Gasteiger charge is 2.24. The fraction of sp³-hybridized carbons (Fsp3) is 0.300. The van der Waals surface area contributed by atoms with Crippen LogP contribution in [-0.2, 0) is 16.6 Å². The van der Waals surface area contributed by atoms with E-state index in [-0.39, 0.29) is 10.8 Å². The minimum atomic E-state index is -3.88. The lowest BCUT2D eigenvalue weighted by Crippen LogP contribution is -2.19. The normalized spacial score (nSPS) is 11.5. The fourth-order valence-corrected chi connectivity index (χ4v) is 2.83. The first-order chi connectivity index (χ1) is 9.44. The van der Waals surface area contributed by atoms with Crippen molar-refractivity contribution in [2.75, 3.05) is 11.8 Å². The Bertz CT molecular complexity index is 743. The Kier molecular flexibility index (Phi) is 3.86. The van der Waals surface area contributed by atoms with Crippen LogP contribution >= 0.6 is 0 Å². The van der Waals surface area contributed by atoms with Crippen molar-refractivity contribution in [1.29, 1.82) is 0 Å². The van der Waals surface area contributed by atoms with Gasteiger partial charge in [-0.3, -0.25) is 14.6 Å². The van der Waals surface area contributed by atoms with Crippen molar-refractivity contribution in [2.24, 2.45) is 0 Å². The predicted molar refractivity (Wildman–Crippen MR) is 71.8 cm³/mol. The smallest absolute Gasteiger partial charge is 0.282 e. The van der Waals surface area contributed by atoms with Gasteiger partial charge in [0.1, 0.15) is 0 Å². The van der Waals surface area contributed by atoms with Crippen LogP contribution in [0.5, 0.6) is 0 Å². The molecule has 108 valence electrons. The summed E-state index contributed by atoms with van der Waals surface area (Å²) in [6.07, 6.45) is 0. The van der Waals surface area contributed by atoms with Crippen LogP contribution in [-0.4, -0.2) is 35.9 Å². The maximum absolute atomic E-state index is 12.2. The van der Waals surface area contributed by atoms with E-state index in [0.29, 0.717) is 17.8 Å². The van der Waals surface area contributed by atoms with Crippen molar-refractivity contribution in [3.8, 4) is 0 Å². The summed E-state index contributed by atoms with van der Waals surface area (Å²) in [6, 6.07) is 2.45. The third-order valence-electron chi connectivity index (χ3n) is 2.56. The number of anilines is 1. The van der Waals surface area contributed by atoms with Crippen LogP contribution < -0.4 is 15.6 Å². The van der Waals surface area contributed by atoms with E-state index in [2.05, 4.69) is 30.4 Å². The molecule has 0 aromatic carbocycles. The Balaban J connectivity index is 2.35. The summed E-state index contributed by atoms with van der Waals surface area (Å²) in [5.74, 6) is 0.0145. The number of hydrogen-bond acceptors (Lipinski definition) is 6. The summed E-state index contributed by atoms with van der Waals surface area (Å²) >= 11 is 0. The van der Waals surface area contributed by atoms with Crippen LogP contribution in [0.1, 0.15) is 11.3 Å². The zero-order chi connectivity index (χ0) is 14.8. The Morgan fingerprint density at radius 3 is 2.60 bits per heavy atom. The summed E-state index contributed by atoms with van der Waals surface area (Å²) in [7, 11) is -2.17. The molecule has 0 aliphatic heterocycles. The second-order valence-corrected chi connectivity index (χ2v) is 5.67. The predicted octanol–water partition coefficient (Wildman–Crippen LogP) is -0.678. The Morgan fingerprint density at radius 1 is 1.25 bits per heavy atom. The van der Waals surface area contributed by atoms with Crippen molar-refractivity contribution < 1.29 is 8.42 Å². The summed E-state index contributed by atoms with van der Waals surface area (Å²) in [5.41, 5.74) is 0.790. The standard InChI is InChI=1S/C10H14N6O3S/c1-6-7(5-11-2)10(15-12-6)20(18,19)16-8-3-4-9(17)14-13-8/h3-4,11H,5H2,1-2H3,(H,12,15)(H,13,16)(H,14,17). The fourth-order valence-electron chi connectivity index (χ4n) is 1.62. The third-order valence-corrected chi connectivity index (χ3v) is 3.89. The highest BCUT2D eigenvalue weighted by Crippen LogP contribution is 2.18. The number of hydrogen-bond donors (Lipinski definition) is 4. The highest BCUT2D eigenvalue weighted by atomic mass is 32.2. The Labute approximate surface area is 114 Å². The van der Waals surface area contributed by atoms with Gasteiger partial charge in [0.2, 0.25) is 5.03 Å². The van der Waals surface area contributed by atoms with Crippen molar-refractivity contribution >= 4 is 15.8 Å². The summed E-state index contributed by atoms with van der Waals surface area (Å²) in [5, 5.41) is 15.0. The molecule has 0 amide bonds. The number of aromatic amines is 2. The molecule has 0 aliphatic rings. The van der Waals surface area contributed by atoms with Gasteiger partial charge < -0.3 is 5.32 Å². The molecular formula is C10H14N6O3S. The van der Waals surface area contributed by atoms with E-state index in [0.717, 1.165) is 0 Å². The van der Waals surface area contributed by atoms with Gasteiger partial charge in [-0.2, -0.15) is 18.6 Å². The van der Waals surface area contributed by atoms with Crippen LogP contribution in [0, 0.1) is 6.92 Å². The second kappa shape index (κ2) is 5.43. The molecule has 20 heavy (non-hydrogen) atoms. The lowest BCUT2D eigenvalue weighted by Gasteiger charge is -2.06. The molecule has 0 saturated heterocycles. The van der Waals surface area contributed by atoms with Crippen molar-refractivity contribution in [3.63, 3.8) is 0 Å². The molecule has 0 atom stereocenters. The Hall–Kier alpha value is -2.20. The average Bonchev–Trinajstić information content (AvgIpc) is 2.75. The van der Waals surface area contributed by atoms with Gasteiger partial charge in [-0.05, 0) is 20.0 Å². The Morgan fingerprint density at radius 2 is 2.00 bits per heavy atom. The zero-order valence-electron chi connectivity index (χ0n) is 10.9. The monoisotopic (exact) mass is 298 g/mol. The molecule has 0 radical (unpaired) electrons. The van der Waals surface area contributed by atoms with Crippen LogP contribution in [0.25, 0.3) is 0 Å². The summed E-state index contributed by atoms with van der Waals surface area (Å²) in [4.78, 5) is 10.9. The van der Waals surface area contributed by atoms with E-state index >= 15 is 0 Å². The van der Waals surface area contributed by atoms with Crippen LogP contribution in [0.15, 0.2) is 22.0 Å². The van der Waals surface area contributed by atoms with Crippen LogP contribution in [0.3, 0.4) is 0 Å². The van der Waals surface area contributed by atoms with Gasteiger partial charge in [-0.25, -0.2) is 5.10 Å². The minimum Gasteiger partial charge on any atom is -0.316 e. The van der Waals surface area contributed by atoms with Crippen molar-refractivity contribution in [2.45, 2.75) is 18.5 Å². The molecule has 2 rings (SSSR count). The SMILES string of the molecule is CNCc1c(S(=O)(=O)Nc2ccc(=O)[nH]n2)n[nH]c1C. The topological polar surface area (TPSA) is 133 Å². The first kappa shape index (κ1) is 14.2. The molecule has 10 heteroatoms. The number of sulfonamides is 1. The molecule has 4 N–H and O–H groups in total. The zero-order valence-corrected chi connectivity index (χ0v) is 11.7. The number of rotatable bonds is 5. The van der Waals surface area contributed by atoms with E-state index in [1.807, 2.05) is 0 Å². The number of nitrogens with one attached hydrogen (secondary N) is 4. The molecule has 0 unspecified atom stereocenters. The molecule has 0 spiro atoms.